The summed E-state index contributed by atoms with van der Waals surface area (Å²) in [5, 5.41) is 4.34. The molecule has 0 unspecified atom stereocenters. The molecule has 0 aliphatic carbocycles. The van der Waals surface area contributed by atoms with Gasteiger partial charge in [0.2, 0.25) is 0 Å². The van der Waals surface area contributed by atoms with Crippen LogP contribution in [0.5, 0.6) is 0 Å². The van der Waals surface area contributed by atoms with E-state index in [-0.39, 0.29) is 23.6 Å². The molecule has 0 aromatic carbocycles. The highest BCUT2D eigenvalue weighted by Gasteiger charge is 2.51. The van der Waals surface area contributed by atoms with Crippen LogP contribution in [0.4, 0.5) is 5.82 Å². The van der Waals surface area contributed by atoms with Gasteiger partial charge < -0.3 is 24.7 Å². The molecule has 0 spiro atoms. The Morgan fingerprint density at radius 2 is 1.72 bits per heavy atom. The first kappa shape index (κ1) is 23.3. The molecule has 3 rings (SSSR count). The van der Waals surface area contributed by atoms with Crippen LogP contribution in [0, 0.1) is 0 Å². The van der Waals surface area contributed by atoms with E-state index in [9.17, 15) is 22.8 Å². The monoisotopic (exact) mass is 472 g/mol. The summed E-state index contributed by atoms with van der Waals surface area (Å²) in [5.74, 6) is -2.32. The fourth-order valence-electron chi connectivity index (χ4n) is 3.15. The van der Waals surface area contributed by atoms with Crippen molar-refractivity contribution in [2.45, 2.75) is 50.5 Å². The predicted molar refractivity (Wildman–Crippen MR) is 103 cm³/mol. The van der Waals surface area contributed by atoms with E-state index in [0.717, 1.165) is 13.8 Å². The Bertz CT molecular complexity index is 1180. The van der Waals surface area contributed by atoms with E-state index in [2.05, 4.69) is 15.0 Å². The lowest BCUT2D eigenvalue weighted by Crippen LogP contribution is -2.40. The molecule has 3 heterocycles. The SMILES string of the molecule is CC(=O)OC[C@H]1O[C@@H](n2cnc3c(N)nc(S(N)(=O)=O)nc32)[C@H](OC(C)=O)[C@@H]1OC(C)=O. The number of esters is 3. The Hall–Kier alpha value is -3.37. The van der Waals surface area contributed by atoms with Gasteiger partial charge in [-0.2, -0.15) is 9.97 Å². The van der Waals surface area contributed by atoms with Gasteiger partial charge in [-0.25, -0.2) is 18.5 Å². The third-order valence-corrected chi connectivity index (χ3v) is 4.99. The van der Waals surface area contributed by atoms with E-state index < -0.39 is 57.6 Å². The van der Waals surface area contributed by atoms with Crippen LogP contribution in [-0.4, -0.2) is 70.8 Å². The van der Waals surface area contributed by atoms with Crippen molar-refractivity contribution in [3.8, 4) is 0 Å². The summed E-state index contributed by atoms with van der Waals surface area (Å²) in [7, 11) is -4.32. The van der Waals surface area contributed by atoms with Crippen LogP contribution in [-0.2, 0) is 43.4 Å². The number of hydrogen-bond acceptors (Lipinski definition) is 13. The normalized spacial score (nSPS) is 23.1. The number of aromatic nitrogens is 4. The first-order chi connectivity index (χ1) is 14.9. The van der Waals surface area contributed by atoms with Crippen LogP contribution in [0.15, 0.2) is 11.5 Å². The van der Waals surface area contributed by atoms with Gasteiger partial charge in [0.05, 0.1) is 6.33 Å². The average molecular weight is 472 g/mol. The minimum absolute atomic E-state index is 0.0232. The van der Waals surface area contributed by atoms with Gasteiger partial charge in [-0.1, -0.05) is 0 Å². The molecular weight excluding hydrogens is 452 g/mol. The van der Waals surface area contributed by atoms with Crippen LogP contribution in [0.1, 0.15) is 27.0 Å². The first-order valence-corrected chi connectivity index (χ1v) is 10.6. The summed E-state index contributed by atoms with van der Waals surface area (Å²) in [4.78, 5) is 46.2. The predicted octanol–water partition coefficient (Wildman–Crippen LogP) is -1.62. The van der Waals surface area contributed by atoms with Gasteiger partial charge in [-0.05, 0) is 0 Å². The molecule has 16 heteroatoms. The van der Waals surface area contributed by atoms with Gasteiger partial charge in [0, 0.05) is 20.8 Å². The van der Waals surface area contributed by atoms with Gasteiger partial charge in [0.25, 0.3) is 15.2 Å². The molecule has 2 aromatic rings. The number of nitrogen functional groups attached to an aromatic ring is 1. The third kappa shape index (κ3) is 4.76. The highest BCUT2D eigenvalue weighted by atomic mass is 32.2. The molecule has 1 aliphatic rings. The topological polar surface area (TPSA) is 218 Å². The van der Waals surface area contributed by atoms with Gasteiger partial charge in [0.15, 0.2) is 29.9 Å². The lowest BCUT2D eigenvalue weighted by Gasteiger charge is -2.23. The molecular formula is C16H20N6O9S. The average Bonchev–Trinajstić information content (AvgIpc) is 3.21. The van der Waals surface area contributed by atoms with E-state index in [4.69, 9.17) is 29.8 Å². The summed E-state index contributed by atoms with van der Waals surface area (Å²) < 4.78 is 46.1. The smallest absolute Gasteiger partial charge is 0.303 e. The van der Waals surface area contributed by atoms with E-state index in [1.54, 1.807) is 0 Å². The van der Waals surface area contributed by atoms with Gasteiger partial charge >= 0.3 is 17.9 Å². The molecule has 1 fully saturated rings. The number of primary sulfonamides is 1. The second kappa shape index (κ2) is 8.64. The van der Waals surface area contributed by atoms with Crippen LogP contribution in [0.3, 0.4) is 0 Å². The largest absolute Gasteiger partial charge is 0.463 e. The Morgan fingerprint density at radius 1 is 1.09 bits per heavy atom. The standard InChI is InChI=1S/C16H20N6O9S/c1-6(23)28-4-9-11(29-7(2)24)12(30-8(3)25)15(31-9)22-5-19-10-13(17)20-16(21-14(10)22)32(18,26)27/h5,9,11-12,15H,4H2,1-3H3,(H2,17,20,21)(H2,18,26,27)/t9-,11-,12-,15-/m1/s1. The number of hydrogen-bond donors (Lipinski definition) is 2. The quantitative estimate of drug-likeness (QED) is 0.275. The van der Waals surface area contributed by atoms with Gasteiger partial charge in [-0.15, -0.1) is 0 Å². The number of nitrogens with zero attached hydrogens (tertiary/aromatic N) is 4. The van der Waals surface area contributed by atoms with E-state index in [1.807, 2.05) is 0 Å². The number of rotatable bonds is 6. The molecule has 4 N–H and O–H groups in total. The van der Waals surface area contributed by atoms with Crippen molar-refractivity contribution in [2.24, 2.45) is 5.14 Å². The van der Waals surface area contributed by atoms with E-state index >= 15 is 0 Å². The van der Waals surface area contributed by atoms with Crippen molar-refractivity contribution in [3.63, 3.8) is 0 Å². The molecule has 32 heavy (non-hydrogen) atoms. The van der Waals surface area contributed by atoms with Crippen molar-refractivity contribution < 1.29 is 41.7 Å². The van der Waals surface area contributed by atoms with Crippen molar-refractivity contribution in [3.05, 3.63) is 6.33 Å². The highest BCUT2D eigenvalue weighted by molar-refractivity contribution is 7.89. The van der Waals surface area contributed by atoms with Gasteiger partial charge in [0.1, 0.15) is 18.2 Å². The number of carbonyl (C=O) groups excluding carboxylic acids is 3. The molecule has 0 radical (unpaired) electrons. The number of sulfonamides is 1. The zero-order chi connectivity index (χ0) is 23.8. The Kier molecular flexibility index (Phi) is 6.29. The fraction of sp³-hybridized carbons (Fsp3) is 0.500. The molecule has 4 atom stereocenters. The minimum atomic E-state index is -4.32. The molecule has 174 valence electrons. The third-order valence-electron chi connectivity index (χ3n) is 4.30. The number of ether oxygens (including phenoxy) is 4. The molecule has 2 aromatic heterocycles. The minimum Gasteiger partial charge on any atom is -0.463 e. The van der Waals surface area contributed by atoms with Crippen LogP contribution < -0.4 is 10.9 Å². The summed E-state index contributed by atoms with van der Waals surface area (Å²) in [6.45, 7) is 3.12. The zero-order valence-electron chi connectivity index (χ0n) is 17.1. The Balaban J connectivity index is 2.11. The fourth-order valence-corrected chi connectivity index (χ4v) is 3.59. The Labute approximate surface area is 181 Å². The van der Waals surface area contributed by atoms with Crippen molar-refractivity contribution >= 4 is 44.9 Å². The maximum Gasteiger partial charge on any atom is 0.303 e. The number of nitrogens with two attached hydrogens (primary N) is 2. The first-order valence-electron chi connectivity index (χ1n) is 9.04. The second-order valence-corrected chi connectivity index (χ2v) is 8.23. The van der Waals surface area contributed by atoms with E-state index in [0.29, 0.717) is 0 Å². The number of carbonyl (C=O) groups is 3. The Morgan fingerprint density at radius 3 is 2.28 bits per heavy atom. The molecule has 0 saturated carbocycles. The second-order valence-electron chi connectivity index (χ2n) is 6.78. The molecule has 1 saturated heterocycles. The summed E-state index contributed by atoms with van der Waals surface area (Å²) in [6.07, 6.45) is -3.45. The lowest BCUT2D eigenvalue weighted by atomic mass is 10.1. The molecule has 0 bridgehead atoms. The van der Waals surface area contributed by atoms with Crippen LogP contribution >= 0.6 is 0 Å². The zero-order valence-corrected chi connectivity index (χ0v) is 17.9. The number of anilines is 1. The summed E-state index contributed by atoms with van der Waals surface area (Å²) in [5.41, 5.74) is 5.71. The number of fused-ring (bicyclic) bond motifs is 1. The lowest BCUT2D eigenvalue weighted by molar-refractivity contribution is -0.166. The molecule has 1 aliphatic heterocycles. The van der Waals surface area contributed by atoms with Crippen molar-refractivity contribution in [2.75, 3.05) is 12.3 Å². The number of imidazole rings is 1. The van der Waals surface area contributed by atoms with E-state index in [1.165, 1.54) is 17.8 Å². The molecule has 0 amide bonds. The highest BCUT2D eigenvalue weighted by Crippen LogP contribution is 2.36. The van der Waals surface area contributed by atoms with Crippen LogP contribution in [0.2, 0.25) is 0 Å². The summed E-state index contributed by atoms with van der Waals surface area (Å²) in [6, 6.07) is 0. The van der Waals surface area contributed by atoms with Crippen molar-refractivity contribution in [1.82, 2.24) is 19.5 Å². The summed E-state index contributed by atoms with van der Waals surface area (Å²) >= 11 is 0. The van der Waals surface area contributed by atoms with Crippen LogP contribution in [0.25, 0.3) is 11.2 Å². The maximum atomic E-state index is 11.8. The van der Waals surface area contributed by atoms with Crippen molar-refractivity contribution in [1.29, 1.82) is 0 Å². The maximum absolute atomic E-state index is 11.8. The van der Waals surface area contributed by atoms with Gasteiger partial charge in [-0.3, -0.25) is 19.0 Å². The molecule has 15 nitrogen and oxygen atoms in total.